The van der Waals surface area contributed by atoms with Crippen LogP contribution in [0.4, 0.5) is 0 Å². The second kappa shape index (κ2) is 6.93. The Labute approximate surface area is 144 Å². The van der Waals surface area contributed by atoms with Gasteiger partial charge in [0.05, 0.1) is 5.04 Å². The lowest BCUT2D eigenvalue weighted by atomic mass is 9.99. The van der Waals surface area contributed by atoms with Gasteiger partial charge in [0.15, 0.2) is 6.04 Å². The Morgan fingerprint density at radius 1 is 1.33 bits per heavy atom. The van der Waals surface area contributed by atoms with E-state index < -0.39 is 12.0 Å². The zero-order valence-corrected chi connectivity index (χ0v) is 13.8. The van der Waals surface area contributed by atoms with Crippen LogP contribution in [0.5, 0.6) is 5.75 Å². The lowest BCUT2D eigenvalue weighted by molar-refractivity contribution is -0.137. The fraction of sp³-hybridized carbons (Fsp3) is 0.158. The summed E-state index contributed by atoms with van der Waals surface area (Å²) in [7, 11) is 0. The van der Waals surface area contributed by atoms with Gasteiger partial charge in [0.1, 0.15) is 5.75 Å². The minimum atomic E-state index is -0.883. The van der Waals surface area contributed by atoms with Gasteiger partial charge in [-0.1, -0.05) is 30.4 Å². The molecule has 0 amide bonds. The van der Waals surface area contributed by atoms with Crippen LogP contribution < -0.4 is 0 Å². The Morgan fingerprint density at radius 2 is 2.17 bits per heavy atom. The predicted molar refractivity (Wildman–Crippen MR) is 99.9 cm³/mol. The van der Waals surface area contributed by atoms with Crippen molar-refractivity contribution in [2.75, 3.05) is 5.75 Å². The first-order valence-corrected chi connectivity index (χ1v) is 8.54. The van der Waals surface area contributed by atoms with Crippen molar-refractivity contribution < 1.29 is 15.0 Å². The van der Waals surface area contributed by atoms with Crippen LogP contribution >= 0.6 is 11.8 Å². The fourth-order valence-corrected chi connectivity index (χ4v) is 3.55. The third-order valence-electron chi connectivity index (χ3n) is 3.85. The lowest BCUT2D eigenvalue weighted by Gasteiger charge is -2.08. The molecule has 0 aromatic heterocycles. The van der Waals surface area contributed by atoms with Crippen LogP contribution in [0.15, 0.2) is 54.1 Å². The maximum absolute atomic E-state index is 10.9. The van der Waals surface area contributed by atoms with Gasteiger partial charge in [-0.2, -0.15) is 0 Å². The first-order valence-electron chi connectivity index (χ1n) is 7.55. The highest BCUT2D eigenvalue weighted by atomic mass is 32.2. The lowest BCUT2D eigenvalue weighted by Crippen LogP contribution is -2.16. The molecular formula is C19H17NO3S. The molecule has 4 nitrogen and oxygen atoms in total. The van der Waals surface area contributed by atoms with Gasteiger partial charge in [0.2, 0.25) is 0 Å². The Kier molecular flexibility index (Phi) is 4.71. The Morgan fingerprint density at radius 3 is 2.88 bits per heavy atom. The number of thioether (sulfide) groups is 1. The van der Waals surface area contributed by atoms with Crippen LogP contribution in [-0.2, 0) is 11.2 Å². The van der Waals surface area contributed by atoms with E-state index in [1.54, 1.807) is 12.1 Å². The molecule has 0 saturated carbocycles. The van der Waals surface area contributed by atoms with Crippen molar-refractivity contribution in [1.29, 1.82) is 0 Å². The second-order valence-corrected chi connectivity index (χ2v) is 6.54. The SMILES string of the molecule is C=CCc1c(O)ccc2cc(C=CC3=NC(C(=O)O)CS3)ccc12. The summed E-state index contributed by atoms with van der Waals surface area (Å²) < 4.78 is 0. The van der Waals surface area contributed by atoms with Crippen molar-refractivity contribution in [1.82, 2.24) is 0 Å². The van der Waals surface area contributed by atoms with Crippen molar-refractivity contribution in [3.05, 3.63) is 60.2 Å². The number of carboxylic acids is 1. The molecule has 1 aliphatic rings. The number of carbonyl (C=O) groups is 1. The fourth-order valence-electron chi connectivity index (χ4n) is 2.64. The molecule has 0 aliphatic carbocycles. The summed E-state index contributed by atoms with van der Waals surface area (Å²) in [5.74, 6) is -0.120. The number of benzene rings is 2. The van der Waals surface area contributed by atoms with Crippen LogP contribution in [0.1, 0.15) is 11.1 Å². The summed E-state index contributed by atoms with van der Waals surface area (Å²) in [6, 6.07) is 8.93. The van der Waals surface area contributed by atoms with Crippen LogP contribution in [-0.4, -0.2) is 33.0 Å². The van der Waals surface area contributed by atoms with E-state index in [9.17, 15) is 9.90 Å². The van der Waals surface area contributed by atoms with Crippen molar-refractivity contribution in [3.63, 3.8) is 0 Å². The summed E-state index contributed by atoms with van der Waals surface area (Å²) in [6.45, 7) is 3.73. The van der Waals surface area contributed by atoms with E-state index in [1.165, 1.54) is 11.8 Å². The van der Waals surface area contributed by atoms with Crippen molar-refractivity contribution in [3.8, 4) is 5.75 Å². The highest BCUT2D eigenvalue weighted by Gasteiger charge is 2.22. The molecule has 0 fully saturated rings. The number of fused-ring (bicyclic) bond motifs is 1. The molecule has 2 aromatic carbocycles. The Bertz CT molecular complexity index is 870. The molecule has 1 aliphatic heterocycles. The zero-order chi connectivity index (χ0) is 17.1. The summed E-state index contributed by atoms with van der Waals surface area (Å²) in [5.41, 5.74) is 1.87. The Hall–Kier alpha value is -2.53. The number of aliphatic imine (C=N–C) groups is 1. The molecule has 3 rings (SSSR count). The van der Waals surface area contributed by atoms with Crippen molar-refractivity contribution >= 4 is 39.6 Å². The number of carboxylic acid groups (broad SMARTS) is 1. The van der Waals surface area contributed by atoms with Gasteiger partial charge in [-0.25, -0.2) is 4.79 Å². The maximum atomic E-state index is 10.9. The van der Waals surface area contributed by atoms with Crippen LogP contribution in [0.2, 0.25) is 0 Å². The minimum Gasteiger partial charge on any atom is -0.508 e. The van der Waals surface area contributed by atoms with E-state index >= 15 is 0 Å². The molecule has 2 N–H and O–H groups in total. The standard InChI is InChI=1S/C19H17NO3S/c1-2-3-15-14-7-4-12(10-13(14)6-8-17(15)21)5-9-18-20-16(11-24-18)19(22)23/h2,4-10,16,21H,1,3,11H2,(H,22,23). The van der Waals surface area contributed by atoms with Gasteiger partial charge >= 0.3 is 5.97 Å². The van der Waals surface area contributed by atoms with Crippen molar-refractivity contribution in [2.45, 2.75) is 12.5 Å². The Balaban J connectivity index is 1.88. The molecule has 0 bridgehead atoms. The highest BCUT2D eigenvalue weighted by Crippen LogP contribution is 2.29. The molecular weight excluding hydrogens is 322 g/mol. The van der Waals surface area contributed by atoms with E-state index in [0.717, 1.165) is 26.9 Å². The molecule has 0 radical (unpaired) electrons. The number of phenols is 1. The summed E-state index contributed by atoms with van der Waals surface area (Å²) in [5, 5.41) is 21.7. The molecule has 24 heavy (non-hydrogen) atoms. The number of hydrogen-bond acceptors (Lipinski definition) is 4. The monoisotopic (exact) mass is 339 g/mol. The molecule has 2 aromatic rings. The van der Waals surface area contributed by atoms with Crippen LogP contribution in [0.3, 0.4) is 0 Å². The van der Waals surface area contributed by atoms with Crippen molar-refractivity contribution in [2.24, 2.45) is 4.99 Å². The average Bonchev–Trinajstić information content (AvgIpc) is 3.05. The quantitative estimate of drug-likeness (QED) is 0.811. The zero-order valence-electron chi connectivity index (χ0n) is 13.0. The first-order chi connectivity index (χ1) is 11.6. The average molecular weight is 339 g/mol. The second-order valence-electron chi connectivity index (χ2n) is 5.50. The van der Waals surface area contributed by atoms with Gasteiger partial charge in [0.25, 0.3) is 0 Å². The number of aliphatic carboxylic acids is 1. The third kappa shape index (κ3) is 3.36. The van der Waals surface area contributed by atoms with Gasteiger partial charge in [-0.15, -0.1) is 18.3 Å². The van der Waals surface area contributed by atoms with E-state index in [1.807, 2.05) is 36.4 Å². The smallest absolute Gasteiger partial charge is 0.329 e. The predicted octanol–water partition coefficient (Wildman–Crippen LogP) is 3.89. The summed E-state index contributed by atoms with van der Waals surface area (Å²) in [6.07, 6.45) is 6.16. The third-order valence-corrected chi connectivity index (χ3v) is 4.87. The van der Waals surface area contributed by atoms with E-state index in [0.29, 0.717) is 12.2 Å². The van der Waals surface area contributed by atoms with E-state index in [2.05, 4.69) is 11.6 Å². The van der Waals surface area contributed by atoms with Gasteiger partial charge in [-0.05, 0) is 41.0 Å². The molecule has 0 spiro atoms. The summed E-state index contributed by atoms with van der Waals surface area (Å²) in [4.78, 5) is 15.1. The molecule has 1 unspecified atom stereocenters. The van der Waals surface area contributed by atoms with Gasteiger partial charge in [0, 0.05) is 11.3 Å². The van der Waals surface area contributed by atoms with E-state index in [-0.39, 0.29) is 5.75 Å². The van der Waals surface area contributed by atoms with Gasteiger partial charge in [-0.3, -0.25) is 4.99 Å². The normalized spacial score (nSPS) is 17.3. The molecule has 1 atom stereocenters. The minimum absolute atomic E-state index is 0.280. The largest absolute Gasteiger partial charge is 0.508 e. The molecule has 0 saturated heterocycles. The number of phenolic OH excluding ortho intramolecular Hbond substituents is 1. The number of nitrogens with zero attached hydrogens (tertiary/aromatic N) is 1. The van der Waals surface area contributed by atoms with Crippen LogP contribution in [0, 0.1) is 0 Å². The topological polar surface area (TPSA) is 69.9 Å². The first kappa shape index (κ1) is 16.3. The van der Waals surface area contributed by atoms with Crippen LogP contribution in [0.25, 0.3) is 16.8 Å². The molecule has 1 heterocycles. The summed E-state index contributed by atoms with van der Waals surface area (Å²) >= 11 is 1.45. The number of allylic oxidation sites excluding steroid dienone is 1. The highest BCUT2D eigenvalue weighted by molar-refractivity contribution is 8.14. The molecule has 122 valence electrons. The number of hydrogen-bond donors (Lipinski definition) is 2. The molecule has 5 heteroatoms. The van der Waals surface area contributed by atoms with E-state index in [4.69, 9.17) is 5.11 Å². The number of aromatic hydroxyl groups is 1. The maximum Gasteiger partial charge on any atom is 0.329 e. The number of rotatable bonds is 5. The van der Waals surface area contributed by atoms with Gasteiger partial charge < -0.3 is 10.2 Å².